The third-order valence-corrected chi connectivity index (χ3v) is 6.67. The van der Waals surface area contributed by atoms with Crippen molar-refractivity contribution >= 4 is 67.6 Å². The van der Waals surface area contributed by atoms with Crippen molar-refractivity contribution in [2.24, 2.45) is 0 Å². The van der Waals surface area contributed by atoms with E-state index >= 15 is 0 Å². The fraction of sp³-hybridized carbons (Fsp3) is 0.0952. The van der Waals surface area contributed by atoms with Gasteiger partial charge in [0, 0.05) is 22.3 Å². The number of anilines is 1. The van der Waals surface area contributed by atoms with Gasteiger partial charge in [-0.05, 0) is 48.2 Å². The quantitative estimate of drug-likeness (QED) is 0.316. The van der Waals surface area contributed by atoms with Crippen molar-refractivity contribution in [3.05, 3.63) is 82.1 Å². The third kappa shape index (κ3) is 4.26. The maximum absolute atomic E-state index is 13.5. The highest BCUT2D eigenvalue weighted by atomic mass is 35.5. The molecule has 0 radical (unpaired) electrons. The molecule has 4 rings (SSSR count). The Balaban J connectivity index is 1.82. The molecule has 0 aliphatic heterocycles. The van der Waals surface area contributed by atoms with Crippen LogP contribution in [0, 0.1) is 0 Å². The molecule has 0 N–H and O–H groups in total. The zero-order chi connectivity index (χ0) is 20.4. The van der Waals surface area contributed by atoms with E-state index in [2.05, 4.69) is 4.98 Å². The summed E-state index contributed by atoms with van der Waals surface area (Å²) in [5, 5.41) is 1.40. The Morgan fingerprint density at radius 2 is 2.03 bits per heavy atom. The Morgan fingerprint density at radius 3 is 2.79 bits per heavy atom. The molecule has 8 heteroatoms. The lowest BCUT2D eigenvalue weighted by atomic mass is 10.2. The Hall–Kier alpha value is -2.12. The van der Waals surface area contributed by atoms with Gasteiger partial charge in [0.25, 0.3) is 5.91 Å². The normalized spacial score (nSPS) is 11.0. The molecule has 4 aromatic rings. The summed E-state index contributed by atoms with van der Waals surface area (Å²) in [6.07, 6.45) is 5.45. The number of benzene rings is 2. The largest absolute Gasteiger partial charge is 0.279 e. The maximum Gasteiger partial charge on any atom is 0.261 e. The van der Waals surface area contributed by atoms with Crippen LogP contribution in [0.15, 0.2) is 65.8 Å². The topological polar surface area (TPSA) is 46.1 Å². The molecule has 29 heavy (non-hydrogen) atoms. The number of hydrogen-bond acceptors (Lipinski definition) is 5. The SMILES string of the molecule is CSc1cccc2sc(N(Cc3cccnc3)C(=O)c3cc(Cl)ccc3Cl)nc12. The summed E-state index contributed by atoms with van der Waals surface area (Å²) in [6, 6.07) is 14.7. The van der Waals surface area contributed by atoms with Gasteiger partial charge in [0.15, 0.2) is 5.13 Å². The highest BCUT2D eigenvalue weighted by Gasteiger charge is 2.24. The van der Waals surface area contributed by atoms with Gasteiger partial charge in [-0.15, -0.1) is 11.8 Å². The van der Waals surface area contributed by atoms with E-state index in [1.165, 1.54) is 11.3 Å². The average molecular weight is 460 g/mol. The molecule has 2 aromatic heterocycles. The van der Waals surface area contributed by atoms with Crippen LogP contribution in [0.4, 0.5) is 5.13 Å². The molecule has 2 aromatic carbocycles. The van der Waals surface area contributed by atoms with Crippen LogP contribution in [0.5, 0.6) is 0 Å². The van der Waals surface area contributed by atoms with E-state index in [9.17, 15) is 4.79 Å². The number of rotatable bonds is 5. The van der Waals surface area contributed by atoms with Gasteiger partial charge in [0.05, 0.1) is 27.3 Å². The number of carbonyl (C=O) groups is 1. The van der Waals surface area contributed by atoms with Crippen molar-refractivity contribution in [3.63, 3.8) is 0 Å². The highest BCUT2D eigenvalue weighted by molar-refractivity contribution is 7.98. The van der Waals surface area contributed by atoms with Crippen molar-refractivity contribution in [3.8, 4) is 0 Å². The van der Waals surface area contributed by atoms with Crippen molar-refractivity contribution < 1.29 is 4.79 Å². The Morgan fingerprint density at radius 1 is 1.17 bits per heavy atom. The second kappa shape index (κ2) is 8.71. The summed E-state index contributed by atoms with van der Waals surface area (Å²) in [5.41, 5.74) is 2.12. The first kappa shape index (κ1) is 20.2. The number of aromatic nitrogens is 2. The minimum absolute atomic E-state index is 0.258. The number of carbonyl (C=O) groups excluding carboxylic acids is 1. The van der Waals surface area contributed by atoms with Gasteiger partial charge in [0.2, 0.25) is 0 Å². The summed E-state index contributed by atoms with van der Waals surface area (Å²) >= 11 is 15.5. The van der Waals surface area contributed by atoms with Crippen LogP contribution in [0.2, 0.25) is 10.0 Å². The van der Waals surface area contributed by atoms with Crippen LogP contribution < -0.4 is 4.90 Å². The predicted octanol–water partition coefficient (Wildman–Crippen LogP) is 6.57. The molecule has 0 bridgehead atoms. The first-order valence-corrected chi connectivity index (χ1v) is 11.5. The summed E-state index contributed by atoms with van der Waals surface area (Å²) < 4.78 is 1.02. The van der Waals surface area contributed by atoms with E-state index in [1.54, 1.807) is 47.3 Å². The molecule has 0 aliphatic carbocycles. The molecular formula is C21H15Cl2N3OS2. The van der Waals surface area contributed by atoms with Gasteiger partial charge in [-0.3, -0.25) is 14.7 Å². The zero-order valence-corrected chi connectivity index (χ0v) is 18.4. The number of hydrogen-bond donors (Lipinski definition) is 0. The number of pyridine rings is 1. The number of thioether (sulfide) groups is 1. The molecule has 0 atom stereocenters. The predicted molar refractivity (Wildman–Crippen MR) is 123 cm³/mol. The van der Waals surface area contributed by atoms with E-state index in [0.29, 0.717) is 27.3 Å². The lowest BCUT2D eigenvalue weighted by Crippen LogP contribution is -2.30. The second-order valence-corrected chi connectivity index (χ2v) is 8.88. The molecule has 0 saturated carbocycles. The smallest absolute Gasteiger partial charge is 0.261 e. The zero-order valence-electron chi connectivity index (χ0n) is 15.3. The van der Waals surface area contributed by atoms with E-state index in [0.717, 1.165) is 20.7 Å². The molecule has 2 heterocycles. The van der Waals surface area contributed by atoms with Crippen molar-refractivity contribution in [1.29, 1.82) is 0 Å². The van der Waals surface area contributed by atoms with E-state index in [-0.39, 0.29) is 5.91 Å². The molecule has 0 fully saturated rings. The summed E-state index contributed by atoms with van der Waals surface area (Å²) in [6.45, 7) is 0.323. The minimum Gasteiger partial charge on any atom is -0.279 e. The van der Waals surface area contributed by atoms with Crippen molar-refractivity contribution in [2.75, 3.05) is 11.2 Å². The summed E-state index contributed by atoms with van der Waals surface area (Å²) in [5.74, 6) is -0.258. The molecule has 4 nitrogen and oxygen atoms in total. The van der Waals surface area contributed by atoms with Crippen LogP contribution in [0.3, 0.4) is 0 Å². The fourth-order valence-electron chi connectivity index (χ4n) is 2.90. The molecular weight excluding hydrogens is 445 g/mol. The first-order valence-electron chi connectivity index (χ1n) is 8.66. The van der Waals surface area contributed by atoms with Crippen molar-refractivity contribution in [2.45, 2.75) is 11.4 Å². The Bertz CT molecular complexity index is 1180. The van der Waals surface area contributed by atoms with Gasteiger partial charge in [-0.25, -0.2) is 4.98 Å². The van der Waals surface area contributed by atoms with Gasteiger partial charge < -0.3 is 0 Å². The van der Waals surface area contributed by atoms with Gasteiger partial charge in [-0.1, -0.05) is 46.7 Å². The molecule has 146 valence electrons. The molecule has 0 aliphatic rings. The van der Waals surface area contributed by atoms with Crippen LogP contribution in [0.25, 0.3) is 10.2 Å². The van der Waals surface area contributed by atoms with Gasteiger partial charge >= 0.3 is 0 Å². The van der Waals surface area contributed by atoms with Crippen LogP contribution in [0.1, 0.15) is 15.9 Å². The molecule has 0 unspecified atom stereocenters. The number of nitrogens with zero attached hydrogens (tertiary/aromatic N) is 3. The standard InChI is InChI=1S/C21H15Cl2N3OS2/c1-28-17-5-2-6-18-19(17)25-21(29-18)26(12-13-4-3-9-24-11-13)20(27)15-10-14(22)7-8-16(15)23/h2-11H,12H2,1H3. The summed E-state index contributed by atoms with van der Waals surface area (Å²) in [7, 11) is 0. The van der Waals surface area contributed by atoms with E-state index in [1.807, 2.05) is 36.6 Å². The van der Waals surface area contributed by atoms with E-state index < -0.39 is 0 Å². The number of halogens is 2. The highest BCUT2D eigenvalue weighted by Crippen LogP contribution is 2.36. The second-order valence-electron chi connectivity index (χ2n) is 6.18. The number of fused-ring (bicyclic) bond motifs is 1. The van der Waals surface area contributed by atoms with Crippen LogP contribution in [-0.2, 0) is 6.54 Å². The minimum atomic E-state index is -0.258. The van der Waals surface area contributed by atoms with Crippen molar-refractivity contribution in [1.82, 2.24) is 9.97 Å². The number of thiazole rings is 1. The molecule has 1 amide bonds. The summed E-state index contributed by atoms with van der Waals surface area (Å²) in [4.78, 5) is 25.1. The van der Waals surface area contributed by atoms with E-state index in [4.69, 9.17) is 28.2 Å². The Labute approximate surface area is 186 Å². The molecule has 0 saturated heterocycles. The first-order chi connectivity index (χ1) is 14.1. The van der Waals surface area contributed by atoms with Gasteiger partial charge in [0.1, 0.15) is 0 Å². The number of amides is 1. The lowest BCUT2D eigenvalue weighted by Gasteiger charge is -2.20. The maximum atomic E-state index is 13.5. The molecule has 0 spiro atoms. The van der Waals surface area contributed by atoms with Crippen LogP contribution in [-0.4, -0.2) is 22.1 Å². The monoisotopic (exact) mass is 459 g/mol. The van der Waals surface area contributed by atoms with Crippen LogP contribution >= 0.6 is 46.3 Å². The fourth-order valence-corrected chi connectivity index (χ4v) is 4.89. The number of para-hydroxylation sites is 1. The van der Waals surface area contributed by atoms with Gasteiger partial charge in [-0.2, -0.15) is 0 Å². The average Bonchev–Trinajstić information content (AvgIpc) is 3.18. The lowest BCUT2D eigenvalue weighted by molar-refractivity contribution is 0.0985. The Kier molecular flexibility index (Phi) is 6.06. The third-order valence-electron chi connectivity index (χ3n) is 4.29.